The van der Waals surface area contributed by atoms with Gasteiger partial charge in [0.25, 0.3) is 5.56 Å². The Balaban J connectivity index is 2.49. The summed E-state index contributed by atoms with van der Waals surface area (Å²) in [6.07, 6.45) is 3.06. The normalized spacial score (nSPS) is 10.7. The summed E-state index contributed by atoms with van der Waals surface area (Å²) in [4.78, 5) is 39.3. The number of aromatic nitrogens is 2. The summed E-state index contributed by atoms with van der Waals surface area (Å²) in [5.74, 6) is -0.0990. The van der Waals surface area contributed by atoms with Crippen LogP contribution in [0.2, 0.25) is 0 Å². The molecule has 1 amide bonds. The molecule has 2 aromatic rings. The highest BCUT2D eigenvalue weighted by Crippen LogP contribution is 2.19. The van der Waals surface area contributed by atoms with Crippen LogP contribution >= 0.6 is 0 Å². The third-order valence-corrected chi connectivity index (χ3v) is 3.54. The summed E-state index contributed by atoms with van der Waals surface area (Å²) in [6.45, 7) is 2.23. The number of aromatic amines is 1. The summed E-state index contributed by atoms with van der Waals surface area (Å²) in [7, 11) is 0. The lowest BCUT2D eigenvalue weighted by Gasteiger charge is -2.24. The molecule has 0 bridgehead atoms. The van der Waals surface area contributed by atoms with E-state index >= 15 is 0 Å². The first kappa shape index (κ1) is 17.4. The number of furan rings is 1. The maximum absolute atomic E-state index is 12.3. The number of hydrogen-bond donors (Lipinski definition) is 3. The van der Waals surface area contributed by atoms with Crippen LogP contribution in [-0.2, 0) is 17.9 Å². The lowest BCUT2D eigenvalue weighted by molar-refractivity contribution is -0.116. The maximum atomic E-state index is 12.3. The molecule has 0 aliphatic rings. The van der Waals surface area contributed by atoms with Crippen LogP contribution in [0.25, 0.3) is 0 Å². The molecule has 2 heterocycles. The number of nitrogen functional groups attached to an aromatic ring is 1. The zero-order valence-electron chi connectivity index (χ0n) is 13.4. The predicted molar refractivity (Wildman–Crippen MR) is 89.6 cm³/mol. The van der Waals surface area contributed by atoms with Crippen LogP contribution in [0.4, 0.5) is 11.5 Å². The van der Waals surface area contributed by atoms with Gasteiger partial charge in [-0.1, -0.05) is 13.3 Å². The zero-order chi connectivity index (χ0) is 17.7. The first-order chi connectivity index (χ1) is 11.4. The Morgan fingerprint density at radius 1 is 1.42 bits per heavy atom. The molecule has 0 atom stereocenters. The molecule has 0 saturated heterocycles. The summed E-state index contributed by atoms with van der Waals surface area (Å²) >= 11 is 0. The van der Waals surface area contributed by atoms with Crippen LogP contribution in [0.3, 0.4) is 0 Å². The Hall–Kier alpha value is -2.97. The lowest BCUT2D eigenvalue weighted by atomic mass is 10.3. The van der Waals surface area contributed by atoms with Crippen molar-refractivity contribution in [3.63, 3.8) is 0 Å². The second-order valence-electron chi connectivity index (χ2n) is 5.40. The van der Waals surface area contributed by atoms with Gasteiger partial charge in [-0.3, -0.25) is 19.1 Å². The molecule has 2 rings (SSSR count). The predicted octanol–water partition coefficient (Wildman–Crippen LogP) is 0.00380. The zero-order valence-corrected chi connectivity index (χ0v) is 13.4. The van der Waals surface area contributed by atoms with Gasteiger partial charge < -0.3 is 20.8 Å². The maximum Gasteiger partial charge on any atom is 0.330 e. The van der Waals surface area contributed by atoms with Crippen LogP contribution in [0, 0.1) is 0 Å². The molecule has 9 nitrogen and oxygen atoms in total. The highest BCUT2D eigenvalue weighted by molar-refractivity contribution is 5.80. The Morgan fingerprint density at radius 3 is 2.75 bits per heavy atom. The van der Waals surface area contributed by atoms with E-state index in [4.69, 9.17) is 15.9 Å². The number of anilines is 2. The number of carbonyl (C=O) groups is 1. The van der Waals surface area contributed by atoms with E-state index in [9.17, 15) is 14.4 Å². The van der Waals surface area contributed by atoms with Crippen molar-refractivity contribution in [1.82, 2.24) is 9.55 Å². The van der Waals surface area contributed by atoms with Crippen molar-refractivity contribution >= 4 is 17.4 Å². The number of nitrogens with two attached hydrogens (primary N) is 2. The van der Waals surface area contributed by atoms with Gasteiger partial charge in [-0.25, -0.2) is 4.79 Å². The SMILES string of the molecule is CCCCn1c(N)c(N(CC(N)=O)Cc2ccco2)c(=O)[nH]c1=O. The summed E-state index contributed by atoms with van der Waals surface area (Å²) in [5.41, 5.74) is 10.1. The van der Waals surface area contributed by atoms with Crippen LogP contribution in [0.5, 0.6) is 0 Å². The number of carbonyl (C=O) groups excluding carboxylic acids is 1. The van der Waals surface area contributed by atoms with E-state index in [2.05, 4.69) is 4.98 Å². The molecule has 2 aromatic heterocycles. The van der Waals surface area contributed by atoms with Gasteiger partial charge in [-0.05, 0) is 18.6 Å². The van der Waals surface area contributed by atoms with E-state index in [1.54, 1.807) is 12.1 Å². The Bertz CT molecular complexity index is 806. The molecule has 0 fully saturated rings. The largest absolute Gasteiger partial charge is 0.467 e. The van der Waals surface area contributed by atoms with E-state index in [0.29, 0.717) is 12.3 Å². The number of hydrogen-bond acceptors (Lipinski definition) is 6. The van der Waals surface area contributed by atoms with Gasteiger partial charge in [0.15, 0.2) is 0 Å². The van der Waals surface area contributed by atoms with Crippen molar-refractivity contribution in [3.05, 3.63) is 45.0 Å². The fraction of sp³-hybridized carbons (Fsp3) is 0.400. The number of primary amides is 1. The number of nitrogens with one attached hydrogen (secondary N) is 1. The van der Waals surface area contributed by atoms with Crippen molar-refractivity contribution in [2.75, 3.05) is 17.2 Å². The quantitative estimate of drug-likeness (QED) is 0.620. The van der Waals surface area contributed by atoms with Gasteiger partial charge in [0.2, 0.25) is 5.91 Å². The number of unbranched alkanes of at least 4 members (excludes halogenated alkanes) is 1. The van der Waals surface area contributed by atoms with E-state index in [-0.39, 0.29) is 24.6 Å². The molecule has 24 heavy (non-hydrogen) atoms. The van der Waals surface area contributed by atoms with E-state index in [1.165, 1.54) is 15.7 Å². The average molecular weight is 335 g/mol. The van der Waals surface area contributed by atoms with Gasteiger partial charge in [-0.15, -0.1) is 0 Å². The van der Waals surface area contributed by atoms with Crippen LogP contribution in [0.1, 0.15) is 25.5 Å². The Labute approximate surface area is 137 Å². The smallest absolute Gasteiger partial charge is 0.330 e. The van der Waals surface area contributed by atoms with Crippen molar-refractivity contribution in [2.24, 2.45) is 5.73 Å². The monoisotopic (exact) mass is 335 g/mol. The Kier molecular flexibility index (Phi) is 5.46. The fourth-order valence-corrected chi connectivity index (χ4v) is 2.41. The van der Waals surface area contributed by atoms with E-state index in [1.807, 2.05) is 6.92 Å². The van der Waals surface area contributed by atoms with Gasteiger partial charge in [0.1, 0.15) is 17.3 Å². The first-order valence-electron chi connectivity index (χ1n) is 7.62. The second kappa shape index (κ2) is 7.53. The third kappa shape index (κ3) is 3.86. The van der Waals surface area contributed by atoms with E-state index < -0.39 is 17.2 Å². The molecule has 0 unspecified atom stereocenters. The van der Waals surface area contributed by atoms with Crippen molar-refractivity contribution in [2.45, 2.75) is 32.9 Å². The third-order valence-electron chi connectivity index (χ3n) is 3.54. The van der Waals surface area contributed by atoms with Crippen molar-refractivity contribution in [3.8, 4) is 0 Å². The number of nitrogens with zero attached hydrogens (tertiary/aromatic N) is 2. The molecular weight excluding hydrogens is 314 g/mol. The van der Waals surface area contributed by atoms with Gasteiger partial charge >= 0.3 is 5.69 Å². The lowest BCUT2D eigenvalue weighted by Crippen LogP contribution is -2.41. The number of H-pyrrole nitrogens is 1. The van der Waals surface area contributed by atoms with Crippen molar-refractivity contribution in [1.29, 1.82) is 0 Å². The van der Waals surface area contributed by atoms with Crippen LogP contribution in [-0.4, -0.2) is 22.0 Å². The highest BCUT2D eigenvalue weighted by atomic mass is 16.3. The van der Waals surface area contributed by atoms with Crippen LogP contribution in [0.15, 0.2) is 32.4 Å². The molecule has 9 heteroatoms. The number of amides is 1. The van der Waals surface area contributed by atoms with Crippen molar-refractivity contribution < 1.29 is 9.21 Å². The van der Waals surface area contributed by atoms with Gasteiger partial charge in [0.05, 0.1) is 19.4 Å². The summed E-state index contributed by atoms with van der Waals surface area (Å²) in [5, 5.41) is 0. The minimum Gasteiger partial charge on any atom is -0.467 e. The molecule has 0 aromatic carbocycles. The van der Waals surface area contributed by atoms with Gasteiger partial charge in [0, 0.05) is 6.54 Å². The topological polar surface area (TPSA) is 140 Å². The number of rotatable bonds is 8. The molecule has 0 radical (unpaired) electrons. The summed E-state index contributed by atoms with van der Waals surface area (Å²) in [6, 6.07) is 3.39. The molecule has 5 N–H and O–H groups in total. The molecule has 0 aliphatic carbocycles. The first-order valence-corrected chi connectivity index (χ1v) is 7.62. The molecular formula is C15H21N5O4. The van der Waals surface area contributed by atoms with E-state index in [0.717, 1.165) is 12.8 Å². The molecule has 0 saturated carbocycles. The minimum atomic E-state index is -0.668. The highest BCUT2D eigenvalue weighted by Gasteiger charge is 2.21. The minimum absolute atomic E-state index is 0.00464. The van der Waals surface area contributed by atoms with Gasteiger partial charge in [-0.2, -0.15) is 0 Å². The Morgan fingerprint density at radius 2 is 2.17 bits per heavy atom. The molecule has 0 aliphatic heterocycles. The van der Waals surface area contributed by atoms with Crippen LogP contribution < -0.4 is 27.6 Å². The second-order valence-corrected chi connectivity index (χ2v) is 5.40. The molecule has 0 spiro atoms. The fourth-order valence-electron chi connectivity index (χ4n) is 2.41. The summed E-state index contributed by atoms with van der Waals surface area (Å²) < 4.78 is 6.54. The standard InChI is InChI=1S/C15H21N5O4/c1-2-3-6-20-13(17)12(14(22)18-15(20)23)19(9-11(16)21)8-10-5-4-7-24-10/h4-5,7H,2-3,6,8-9,17H2,1H3,(H2,16,21)(H,18,22,23). The molecule has 130 valence electrons. The average Bonchev–Trinajstić information content (AvgIpc) is 2.99.